The second-order valence-electron chi connectivity index (χ2n) is 4.93. The standard InChI is InChI=1S/C14H15F3N2O2/c1-9(18(2)3)13(20)19-7-6-10-8-11(4-5-12(10)19)21-14(15,16)17/h4-9H,1-3H3/t9-/m0/s1. The summed E-state index contributed by atoms with van der Waals surface area (Å²) >= 11 is 0. The molecule has 0 saturated carbocycles. The molecule has 0 aliphatic carbocycles. The predicted molar refractivity (Wildman–Crippen MR) is 72.4 cm³/mol. The van der Waals surface area contributed by atoms with Gasteiger partial charge in [-0.15, -0.1) is 13.2 Å². The molecule has 1 aromatic carbocycles. The second kappa shape index (κ2) is 5.40. The van der Waals surface area contributed by atoms with Crippen molar-refractivity contribution in [1.29, 1.82) is 0 Å². The number of likely N-dealkylation sites (N-methyl/N-ethyl adjacent to an activating group) is 1. The second-order valence-corrected chi connectivity index (χ2v) is 4.93. The summed E-state index contributed by atoms with van der Waals surface area (Å²) in [6.45, 7) is 1.76. The maximum Gasteiger partial charge on any atom is 0.573 e. The highest BCUT2D eigenvalue weighted by molar-refractivity contribution is 5.95. The predicted octanol–water partition coefficient (Wildman–Crippen LogP) is 3.13. The number of benzene rings is 1. The number of carbonyl (C=O) groups excluding carboxylic acids is 1. The quantitative estimate of drug-likeness (QED) is 0.873. The minimum atomic E-state index is -4.73. The van der Waals surface area contributed by atoms with Crippen LogP contribution in [0.2, 0.25) is 0 Å². The molecule has 0 unspecified atom stereocenters. The molecule has 0 saturated heterocycles. The van der Waals surface area contributed by atoms with Gasteiger partial charge in [0.2, 0.25) is 5.91 Å². The summed E-state index contributed by atoms with van der Waals surface area (Å²) in [5.41, 5.74) is 0.545. The van der Waals surface area contributed by atoms with Crippen molar-refractivity contribution in [1.82, 2.24) is 9.47 Å². The van der Waals surface area contributed by atoms with E-state index in [9.17, 15) is 18.0 Å². The lowest BCUT2D eigenvalue weighted by Crippen LogP contribution is -2.36. The summed E-state index contributed by atoms with van der Waals surface area (Å²) in [6.07, 6.45) is -3.18. The van der Waals surface area contributed by atoms with Crippen LogP contribution in [0.25, 0.3) is 10.9 Å². The molecule has 2 rings (SSSR count). The summed E-state index contributed by atoms with van der Waals surface area (Å²) in [4.78, 5) is 14.0. The molecule has 1 heterocycles. The number of aromatic nitrogens is 1. The number of alkyl halides is 3. The van der Waals surface area contributed by atoms with Gasteiger partial charge in [-0.1, -0.05) is 0 Å². The summed E-state index contributed by atoms with van der Waals surface area (Å²) < 4.78 is 41.8. The third kappa shape index (κ3) is 3.36. The Morgan fingerprint density at radius 2 is 1.95 bits per heavy atom. The number of halogens is 3. The largest absolute Gasteiger partial charge is 0.573 e. The first-order valence-electron chi connectivity index (χ1n) is 6.26. The Labute approximate surface area is 119 Å². The Bertz CT molecular complexity index is 662. The van der Waals surface area contributed by atoms with Gasteiger partial charge in [0.15, 0.2) is 0 Å². The Kier molecular flexibility index (Phi) is 3.95. The molecular weight excluding hydrogens is 285 g/mol. The average Bonchev–Trinajstić information content (AvgIpc) is 2.77. The van der Waals surface area contributed by atoms with Gasteiger partial charge < -0.3 is 4.74 Å². The van der Waals surface area contributed by atoms with Crippen molar-refractivity contribution in [3.8, 4) is 5.75 Å². The van der Waals surface area contributed by atoms with Crippen LogP contribution in [0.1, 0.15) is 11.7 Å². The third-order valence-corrected chi connectivity index (χ3v) is 3.26. The highest BCUT2D eigenvalue weighted by Crippen LogP contribution is 2.27. The van der Waals surface area contributed by atoms with Gasteiger partial charge >= 0.3 is 6.36 Å². The van der Waals surface area contributed by atoms with Crippen LogP contribution < -0.4 is 4.74 Å². The van der Waals surface area contributed by atoms with E-state index in [1.807, 2.05) is 0 Å². The first-order chi connectivity index (χ1) is 9.69. The van der Waals surface area contributed by atoms with Crippen molar-refractivity contribution in [2.45, 2.75) is 19.3 Å². The monoisotopic (exact) mass is 300 g/mol. The zero-order valence-corrected chi connectivity index (χ0v) is 11.8. The molecule has 0 spiro atoms. The molecule has 4 nitrogen and oxygen atoms in total. The summed E-state index contributed by atoms with van der Waals surface area (Å²) in [7, 11) is 3.56. The molecule has 21 heavy (non-hydrogen) atoms. The highest BCUT2D eigenvalue weighted by atomic mass is 19.4. The molecule has 0 aliphatic heterocycles. The van der Waals surface area contributed by atoms with Crippen LogP contribution >= 0.6 is 0 Å². The van der Waals surface area contributed by atoms with Gasteiger partial charge in [-0.05, 0) is 45.3 Å². The summed E-state index contributed by atoms with van der Waals surface area (Å²) in [6, 6.07) is 5.13. The fourth-order valence-corrected chi connectivity index (χ4v) is 1.93. The zero-order valence-electron chi connectivity index (χ0n) is 11.8. The molecule has 1 atom stereocenters. The van der Waals surface area contributed by atoms with Crippen LogP contribution in [0.5, 0.6) is 5.75 Å². The molecule has 2 aromatic rings. The molecule has 0 amide bonds. The van der Waals surface area contributed by atoms with E-state index in [-0.39, 0.29) is 17.7 Å². The zero-order chi connectivity index (χ0) is 15.8. The Morgan fingerprint density at radius 3 is 2.52 bits per heavy atom. The molecule has 114 valence electrons. The van der Waals surface area contributed by atoms with Crippen molar-refractivity contribution < 1.29 is 22.7 Å². The van der Waals surface area contributed by atoms with Gasteiger partial charge in [0, 0.05) is 11.6 Å². The minimum absolute atomic E-state index is 0.153. The topological polar surface area (TPSA) is 34.5 Å². The minimum Gasteiger partial charge on any atom is -0.406 e. The smallest absolute Gasteiger partial charge is 0.406 e. The summed E-state index contributed by atoms with van der Waals surface area (Å²) in [5, 5.41) is 0.510. The van der Waals surface area contributed by atoms with Crippen molar-refractivity contribution in [2.75, 3.05) is 14.1 Å². The van der Waals surface area contributed by atoms with E-state index in [0.29, 0.717) is 10.9 Å². The number of fused-ring (bicyclic) bond motifs is 1. The van der Waals surface area contributed by atoms with Crippen molar-refractivity contribution in [3.05, 3.63) is 30.5 Å². The van der Waals surface area contributed by atoms with Gasteiger partial charge in [-0.25, -0.2) is 0 Å². The number of nitrogens with zero attached hydrogens (tertiary/aromatic N) is 2. The first kappa shape index (κ1) is 15.4. The fourth-order valence-electron chi connectivity index (χ4n) is 1.93. The molecule has 0 aliphatic rings. The van der Waals surface area contributed by atoms with E-state index in [4.69, 9.17) is 0 Å². The first-order valence-corrected chi connectivity index (χ1v) is 6.26. The Balaban J connectivity index is 2.35. The maximum absolute atomic E-state index is 12.3. The molecule has 7 heteroatoms. The fraction of sp³-hybridized carbons (Fsp3) is 0.357. The van der Waals surface area contributed by atoms with Crippen LogP contribution in [-0.2, 0) is 0 Å². The number of hydrogen-bond donors (Lipinski definition) is 0. The van der Waals surface area contributed by atoms with Gasteiger partial charge in [-0.2, -0.15) is 0 Å². The molecular formula is C14H15F3N2O2. The van der Waals surface area contributed by atoms with E-state index in [1.165, 1.54) is 22.8 Å². The SMILES string of the molecule is C[C@@H](C(=O)n1ccc2cc(OC(F)(F)F)ccc21)N(C)C. The molecule has 0 bridgehead atoms. The number of ether oxygens (including phenoxy) is 1. The molecule has 0 N–H and O–H groups in total. The van der Waals surface area contributed by atoms with E-state index < -0.39 is 6.36 Å². The number of rotatable bonds is 3. The van der Waals surface area contributed by atoms with Crippen molar-refractivity contribution in [2.24, 2.45) is 0 Å². The van der Waals surface area contributed by atoms with Gasteiger partial charge in [0.25, 0.3) is 0 Å². The van der Waals surface area contributed by atoms with Gasteiger partial charge in [0.1, 0.15) is 5.75 Å². The number of hydrogen-bond acceptors (Lipinski definition) is 3. The lowest BCUT2D eigenvalue weighted by atomic mass is 10.2. The van der Waals surface area contributed by atoms with Gasteiger partial charge in [0.05, 0.1) is 11.6 Å². The lowest BCUT2D eigenvalue weighted by Gasteiger charge is -2.19. The third-order valence-electron chi connectivity index (χ3n) is 3.26. The van der Waals surface area contributed by atoms with E-state index in [0.717, 1.165) is 0 Å². The number of carbonyl (C=O) groups is 1. The summed E-state index contributed by atoms with van der Waals surface area (Å²) in [5.74, 6) is -0.458. The molecule has 1 aromatic heterocycles. The Hall–Kier alpha value is -2.02. The molecule has 0 fully saturated rings. The van der Waals surface area contributed by atoms with Crippen LogP contribution in [0.3, 0.4) is 0 Å². The van der Waals surface area contributed by atoms with Gasteiger partial charge in [-0.3, -0.25) is 14.3 Å². The van der Waals surface area contributed by atoms with Crippen LogP contribution in [0.15, 0.2) is 30.5 Å². The van der Waals surface area contributed by atoms with E-state index in [2.05, 4.69) is 4.74 Å². The van der Waals surface area contributed by atoms with Crippen LogP contribution in [0.4, 0.5) is 13.2 Å². The lowest BCUT2D eigenvalue weighted by molar-refractivity contribution is -0.274. The van der Waals surface area contributed by atoms with E-state index in [1.54, 1.807) is 38.2 Å². The van der Waals surface area contributed by atoms with Crippen molar-refractivity contribution >= 4 is 16.8 Å². The molecule has 0 radical (unpaired) electrons. The highest BCUT2D eigenvalue weighted by Gasteiger charge is 2.31. The van der Waals surface area contributed by atoms with Crippen LogP contribution in [0, 0.1) is 0 Å². The normalized spacial score (nSPS) is 13.7. The van der Waals surface area contributed by atoms with Crippen molar-refractivity contribution in [3.63, 3.8) is 0 Å². The van der Waals surface area contributed by atoms with E-state index >= 15 is 0 Å². The average molecular weight is 300 g/mol. The Morgan fingerprint density at radius 1 is 1.29 bits per heavy atom. The maximum atomic E-state index is 12.3. The van der Waals surface area contributed by atoms with Crippen LogP contribution in [-0.4, -0.2) is 41.9 Å².